The Kier molecular flexibility index (Phi) is 3.11. The number of methoxy groups -OCH3 is 1. The Balaban J connectivity index is 2.64. The van der Waals surface area contributed by atoms with Crippen LogP contribution in [0.25, 0.3) is 6.08 Å². The summed E-state index contributed by atoms with van der Waals surface area (Å²) < 4.78 is 10.4. The predicted octanol–water partition coefficient (Wildman–Crippen LogP) is 2.57. The Morgan fingerprint density at radius 2 is 2.33 bits per heavy atom. The number of hydrogen-bond donors (Lipinski definition) is 0. The molecule has 0 aromatic carbocycles. The second-order valence-corrected chi connectivity index (χ2v) is 4.95. The molecule has 1 aromatic heterocycles. The first-order valence-corrected chi connectivity index (χ1v) is 5.88. The Bertz CT molecular complexity index is 506. The van der Waals surface area contributed by atoms with E-state index in [1.54, 1.807) is 12.1 Å². The normalized spacial score (nSPS) is 16.4. The number of carbonyl (C=O) groups excluding carboxylic acids is 1. The van der Waals surface area contributed by atoms with E-state index in [1.807, 2.05) is 0 Å². The van der Waals surface area contributed by atoms with Crippen LogP contribution in [0.1, 0.15) is 42.0 Å². The van der Waals surface area contributed by atoms with Gasteiger partial charge in [-0.15, -0.1) is 0 Å². The molecule has 2 rings (SSSR count). The lowest BCUT2D eigenvalue weighted by Crippen LogP contribution is -2.29. The van der Waals surface area contributed by atoms with Crippen molar-refractivity contribution >= 4 is 12.0 Å². The molecule has 4 nitrogen and oxygen atoms in total. The van der Waals surface area contributed by atoms with Gasteiger partial charge in [-0.05, 0) is 12.5 Å². The van der Waals surface area contributed by atoms with Crippen molar-refractivity contribution in [1.82, 2.24) is 4.98 Å². The van der Waals surface area contributed by atoms with Gasteiger partial charge in [0.1, 0.15) is 11.4 Å². The van der Waals surface area contributed by atoms with E-state index in [0.717, 1.165) is 23.4 Å². The molecule has 0 amide bonds. The summed E-state index contributed by atoms with van der Waals surface area (Å²) >= 11 is 0. The van der Waals surface area contributed by atoms with Crippen LogP contribution >= 0.6 is 0 Å². The molecule has 1 aromatic rings. The van der Waals surface area contributed by atoms with Crippen LogP contribution in [0.4, 0.5) is 0 Å². The number of fused-ring (bicyclic) bond motifs is 1. The third-order valence-corrected chi connectivity index (χ3v) is 3.23. The molecular formula is C14H17NO3. The van der Waals surface area contributed by atoms with E-state index in [2.05, 4.69) is 25.4 Å². The number of pyridine rings is 1. The van der Waals surface area contributed by atoms with Gasteiger partial charge >= 0.3 is 5.97 Å². The van der Waals surface area contributed by atoms with Crippen molar-refractivity contribution in [1.29, 1.82) is 0 Å². The molecule has 1 aliphatic heterocycles. The Hall–Kier alpha value is -1.84. The summed E-state index contributed by atoms with van der Waals surface area (Å²) in [6.07, 6.45) is 2.54. The minimum Gasteiger partial charge on any atom is -0.491 e. The van der Waals surface area contributed by atoms with Crippen LogP contribution in [-0.2, 0) is 10.2 Å². The van der Waals surface area contributed by atoms with Gasteiger partial charge in [0.05, 0.1) is 19.4 Å². The quantitative estimate of drug-likeness (QED) is 0.754. The first-order chi connectivity index (χ1) is 8.49. The Morgan fingerprint density at radius 1 is 1.61 bits per heavy atom. The molecule has 0 saturated heterocycles. The molecule has 2 heterocycles. The highest BCUT2D eigenvalue weighted by atomic mass is 16.5. The van der Waals surface area contributed by atoms with Crippen molar-refractivity contribution in [2.45, 2.75) is 25.7 Å². The molecule has 1 aliphatic rings. The maximum absolute atomic E-state index is 11.6. The third kappa shape index (κ3) is 1.98. The summed E-state index contributed by atoms with van der Waals surface area (Å²) in [5.74, 6) is 0.288. The largest absolute Gasteiger partial charge is 0.491 e. The van der Waals surface area contributed by atoms with Crippen LogP contribution < -0.4 is 4.74 Å². The van der Waals surface area contributed by atoms with E-state index < -0.39 is 5.97 Å². The molecular weight excluding hydrogens is 230 g/mol. The van der Waals surface area contributed by atoms with Gasteiger partial charge in [-0.2, -0.15) is 0 Å². The van der Waals surface area contributed by atoms with Crippen LogP contribution in [0.15, 0.2) is 12.6 Å². The van der Waals surface area contributed by atoms with Crippen molar-refractivity contribution in [3.8, 4) is 5.75 Å². The van der Waals surface area contributed by atoms with Crippen LogP contribution in [-0.4, -0.2) is 24.7 Å². The maximum atomic E-state index is 11.6. The summed E-state index contributed by atoms with van der Waals surface area (Å²) in [4.78, 5) is 16.0. The molecule has 0 radical (unpaired) electrons. The fourth-order valence-corrected chi connectivity index (χ4v) is 2.05. The molecule has 4 heteroatoms. The number of ether oxygens (including phenoxy) is 2. The minimum atomic E-state index is -0.442. The topological polar surface area (TPSA) is 48.4 Å². The first-order valence-electron chi connectivity index (χ1n) is 5.88. The summed E-state index contributed by atoms with van der Waals surface area (Å²) in [5.41, 5.74) is 1.76. The van der Waals surface area contributed by atoms with Gasteiger partial charge in [0, 0.05) is 11.0 Å². The summed E-state index contributed by atoms with van der Waals surface area (Å²) in [7, 11) is 1.35. The predicted molar refractivity (Wildman–Crippen MR) is 68.8 cm³/mol. The van der Waals surface area contributed by atoms with E-state index >= 15 is 0 Å². The second-order valence-electron chi connectivity index (χ2n) is 4.95. The Morgan fingerprint density at radius 3 is 2.94 bits per heavy atom. The first kappa shape index (κ1) is 12.6. The number of rotatable bonds is 2. The van der Waals surface area contributed by atoms with Crippen molar-refractivity contribution in [3.05, 3.63) is 29.6 Å². The van der Waals surface area contributed by atoms with E-state index in [9.17, 15) is 4.79 Å². The van der Waals surface area contributed by atoms with Gasteiger partial charge in [0.2, 0.25) is 0 Å². The standard InChI is InChI=1S/C14H17NO3/c1-5-9-8-10(13(16)17-4)15-12-11(9)18-7-6-14(12,2)3/h5,8H,1,6-7H2,2-4H3. The lowest BCUT2D eigenvalue weighted by atomic mass is 9.82. The fraction of sp³-hybridized carbons (Fsp3) is 0.429. The van der Waals surface area contributed by atoms with Gasteiger partial charge < -0.3 is 9.47 Å². The Labute approximate surface area is 107 Å². The zero-order valence-electron chi connectivity index (χ0n) is 10.9. The molecule has 0 spiro atoms. The molecule has 0 fully saturated rings. The number of carbonyl (C=O) groups is 1. The molecule has 18 heavy (non-hydrogen) atoms. The molecule has 0 unspecified atom stereocenters. The zero-order chi connectivity index (χ0) is 13.3. The third-order valence-electron chi connectivity index (χ3n) is 3.23. The molecule has 0 aliphatic carbocycles. The van der Waals surface area contributed by atoms with Crippen LogP contribution in [0, 0.1) is 0 Å². The summed E-state index contributed by atoms with van der Waals surface area (Å²) in [6.45, 7) is 8.59. The van der Waals surface area contributed by atoms with Crippen LogP contribution in [0.2, 0.25) is 0 Å². The lowest BCUT2D eigenvalue weighted by Gasteiger charge is -2.32. The molecule has 0 atom stereocenters. The highest BCUT2D eigenvalue weighted by Crippen LogP contribution is 2.39. The molecule has 0 saturated carbocycles. The summed E-state index contributed by atoms with van der Waals surface area (Å²) in [5, 5.41) is 0. The monoisotopic (exact) mass is 247 g/mol. The number of aromatic nitrogens is 1. The van der Waals surface area contributed by atoms with Gasteiger partial charge in [-0.25, -0.2) is 9.78 Å². The van der Waals surface area contributed by atoms with Crippen molar-refractivity contribution in [3.63, 3.8) is 0 Å². The lowest BCUT2D eigenvalue weighted by molar-refractivity contribution is 0.0593. The van der Waals surface area contributed by atoms with Gasteiger partial charge in [0.15, 0.2) is 0 Å². The van der Waals surface area contributed by atoms with E-state index in [4.69, 9.17) is 9.47 Å². The van der Waals surface area contributed by atoms with E-state index in [1.165, 1.54) is 7.11 Å². The number of hydrogen-bond acceptors (Lipinski definition) is 4. The highest BCUT2D eigenvalue weighted by Gasteiger charge is 2.33. The van der Waals surface area contributed by atoms with Crippen molar-refractivity contribution in [2.75, 3.05) is 13.7 Å². The average molecular weight is 247 g/mol. The van der Waals surface area contributed by atoms with E-state index in [-0.39, 0.29) is 5.41 Å². The fourth-order valence-electron chi connectivity index (χ4n) is 2.05. The van der Waals surface area contributed by atoms with Gasteiger partial charge in [-0.3, -0.25) is 0 Å². The van der Waals surface area contributed by atoms with Crippen molar-refractivity contribution < 1.29 is 14.3 Å². The average Bonchev–Trinajstić information content (AvgIpc) is 2.36. The molecule has 0 bridgehead atoms. The smallest absolute Gasteiger partial charge is 0.356 e. The maximum Gasteiger partial charge on any atom is 0.356 e. The molecule has 96 valence electrons. The zero-order valence-corrected chi connectivity index (χ0v) is 10.9. The van der Waals surface area contributed by atoms with E-state index in [0.29, 0.717) is 12.3 Å². The van der Waals surface area contributed by atoms with Gasteiger partial charge in [0.25, 0.3) is 0 Å². The van der Waals surface area contributed by atoms with Crippen LogP contribution in [0.3, 0.4) is 0 Å². The number of nitrogens with zero attached hydrogens (tertiary/aromatic N) is 1. The highest BCUT2D eigenvalue weighted by molar-refractivity contribution is 5.88. The number of esters is 1. The minimum absolute atomic E-state index is 0.116. The van der Waals surface area contributed by atoms with Gasteiger partial charge in [-0.1, -0.05) is 26.5 Å². The van der Waals surface area contributed by atoms with Crippen molar-refractivity contribution in [2.24, 2.45) is 0 Å². The second kappa shape index (κ2) is 4.44. The summed E-state index contributed by atoms with van der Waals surface area (Å²) in [6, 6.07) is 1.65. The van der Waals surface area contributed by atoms with Crippen LogP contribution in [0.5, 0.6) is 5.75 Å². The SMILES string of the molecule is C=Cc1cc(C(=O)OC)nc2c1OCCC2(C)C. The molecule has 0 N–H and O–H groups in total.